The summed E-state index contributed by atoms with van der Waals surface area (Å²) in [4.78, 5) is 28.1. The highest BCUT2D eigenvalue weighted by Crippen LogP contribution is 2.29. The number of carboxylic acid groups (broad SMARTS) is 1. The molecule has 7 nitrogen and oxygen atoms in total. The lowest BCUT2D eigenvalue weighted by Crippen LogP contribution is -2.21. The van der Waals surface area contributed by atoms with Crippen LogP contribution in [0.2, 0.25) is 0 Å². The molecule has 0 fully saturated rings. The third-order valence-corrected chi connectivity index (χ3v) is 4.35. The first-order chi connectivity index (χ1) is 13.6. The lowest BCUT2D eigenvalue weighted by Gasteiger charge is -2.16. The fourth-order valence-corrected chi connectivity index (χ4v) is 3.05. The van der Waals surface area contributed by atoms with Crippen LogP contribution < -0.4 is 5.56 Å². The second-order valence-corrected chi connectivity index (χ2v) is 5.99. The van der Waals surface area contributed by atoms with E-state index in [0.29, 0.717) is 24.0 Å². The van der Waals surface area contributed by atoms with E-state index >= 15 is 0 Å². The largest absolute Gasteiger partial charge is 0.483 e. The topological polar surface area (TPSA) is 101 Å². The minimum absolute atomic E-state index is 0.0677. The zero-order valence-corrected chi connectivity index (χ0v) is 14.8. The molecule has 3 heterocycles. The second kappa shape index (κ2) is 8.81. The van der Waals surface area contributed by atoms with Gasteiger partial charge in [0, 0.05) is 18.7 Å². The van der Waals surface area contributed by atoms with E-state index in [1.807, 2.05) is 12.1 Å². The first-order valence-corrected chi connectivity index (χ1v) is 8.53. The van der Waals surface area contributed by atoms with Crippen molar-refractivity contribution in [2.45, 2.75) is 18.9 Å². The summed E-state index contributed by atoms with van der Waals surface area (Å²) in [5.41, 5.74) is 1.99. The maximum absolute atomic E-state index is 13.2. The Morgan fingerprint density at radius 3 is 2.68 bits per heavy atom. The number of fused-ring (bicyclic) bond motifs is 1. The number of aryl methyl sites for hydroxylation is 1. The summed E-state index contributed by atoms with van der Waals surface area (Å²) >= 11 is 0. The van der Waals surface area contributed by atoms with E-state index in [1.165, 1.54) is 12.1 Å². The van der Waals surface area contributed by atoms with E-state index in [9.17, 15) is 9.18 Å². The fourth-order valence-electron chi connectivity index (χ4n) is 3.05. The lowest BCUT2D eigenvalue weighted by atomic mass is 9.93. The number of carbonyl (C=O) groups is 1. The van der Waals surface area contributed by atoms with Crippen molar-refractivity contribution in [3.63, 3.8) is 0 Å². The molecule has 0 radical (unpaired) electrons. The van der Waals surface area contributed by atoms with Crippen LogP contribution in [0, 0.1) is 5.82 Å². The summed E-state index contributed by atoms with van der Waals surface area (Å²) in [6.45, 7) is 0.226. The number of rotatable bonds is 5. The average molecular weight is 383 g/mol. The maximum atomic E-state index is 13.2. The molecule has 2 N–H and O–H groups in total. The summed E-state index contributed by atoms with van der Waals surface area (Å²) in [6, 6.07) is 11.8. The molecule has 0 spiro atoms. The Hall–Kier alpha value is -3.68. The van der Waals surface area contributed by atoms with Gasteiger partial charge in [0.05, 0.1) is 18.1 Å². The van der Waals surface area contributed by atoms with Crippen LogP contribution in [0.25, 0.3) is 11.0 Å². The van der Waals surface area contributed by atoms with Crippen LogP contribution in [0.15, 0.2) is 70.5 Å². The molecule has 0 saturated heterocycles. The molecule has 3 aromatic heterocycles. The predicted molar refractivity (Wildman–Crippen MR) is 101 cm³/mol. The fraction of sp³-hybridized carbons (Fsp3) is 0.150. The van der Waals surface area contributed by atoms with E-state index in [0.717, 1.165) is 11.3 Å². The van der Waals surface area contributed by atoms with E-state index in [4.69, 9.17) is 14.3 Å². The summed E-state index contributed by atoms with van der Waals surface area (Å²) in [7, 11) is 0. The Morgan fingerprint density at radius 1 is 1.25 bits per heavy atom. The van der Waals surface area contributed by atoms with Crippen molar-refractivity contribution in [2.24, 2.45) is 0 Å². The van der Waals surface area contributed by atoms with Crippen LogP contribution in [0.4, 0.5) is 4.39 Å². The smallest absolute Gasteiger partial charge is 0.290 e. The number of hydrogen-bond donors (Lipinski definition) is 2. The Bertz CT molecular complexity index is 1080. The van der Waals surface area contributed by atoms with E-state index in [2.05, 4.69) is 9.97 Å². The highest BCUT2D eigenvalue weighted by Gasteiger charge is 2.18. The van der Waals surface area contributed by atoms with Crippen LogP contribution in [-0.2, 0) is 11.3 Å². The molecule has 1 atom stereocenters. The quantitative estimate of drug-likeness (QED) is 0.515. The average Bonchev–Trinajstić information content (AvgIpc) is 3.38. The zero-order valence-electron chi connectivity index (χ0n) is 14.8. The van der Waals surface area contributed by atoms with Gasteiger partial charge in [-0.05, 0) is 42.3 Å². The van der Waals surface area contributed by atoms with Crippen molar-refractivity contribution in [2.75, 3.05) is 0 Å². The lowest BCUT2D eigenvalue weighted by molar-refractivity contribution is -0.122. The Balaban J connectivity index is 0.000000706. The number of halogens is 1. The van der Waals surface area contributed by atoms with Gasteiger partial charge in [0.2, 0.25) is 0 Å². The third kappa shape index (κ3) is 4.17. The Morgan fingerprint density at radius 2 is 2.00 bits per heavy atom. The monoisotopic (exact) mass is 383 g/mol. The van der Waals surface area contributed by atoms with Crippen molar-refractivity contribution >= 4 is 17.5 Å². The summed E-state index contributed by atoms with van der Waals surface area (Å²) in [5, 5.41) is 6.89. The molecule has 1 unspecified atom stereocenters. The molecule has 8 heteroatoms. The van der Waals surface area contributed by atoms with Gasteiger partial charge in [-0.15, -0.1) is 0 Å². The van der Waals surface area contributed by atoms with Gasteiger partial charge in [0.1, 0.15) is 17.1 Å². The molecule has 28 heavy (non-hydrogen) atoms. The number of aromatic amines is 1. The SMILES string of the molecule is O=CO.O=c1c2[nH]ccc2ncn1CCC(c1ccc(F)cc1)c1ccco1. The number of hydrogen-bond acceptors (Lipinski definition) is 4. The molecule has 0 aliphatic rings. The van der Waals surface area contributed by atoms with E-state index in [-0.39, 0.29) is 23.8 Å². The molecule has 0 bridgehead atoms. The van der Waals surface area contributed by atoms with Crippen molar-refractivity contribution in [3.05, 3.63) is 88.7 Å². The molecular weight excluding hydrogens is 365 g/mol. The number of nitrogens with zero attached hydrogens (tertiary/aromatic N) is 2. The Labute approximate surface area is 159 Å². The van der Waals surface area contributed by atoms with Crippen LogP contribution in [0.1, 0.15) is 23.7 Å². The minimum atomic E-state index is -0.278. The van der Waals surface area contributed by atoms with E-state index < -0.39 is 0 Å². The van der Waals surface area contributed by atoms with Gasteiger partial charge >= 0.3 is 0 Å². The van der Waals surface area contributed by atoms with Gasteiger partial charge < -0.3 is 14.5 Å². The summed E-state index contributed by atoms with van der Waals surface area (Å²) < 4.78 is 20.4. The number of benzene rings is 1. The number of furan rings is 1. The van der Waals surface area contributed by atoms with Crippen molar-refractivity contribution in [1.29, 1.82) is 0 Å². The number of H-pyrrole nitrogens is 1. The van der Waals surface area contributed by atoms with Gasteiger partial charge in [-0.25, -0.2) is 9.37 Å². The highest BCUT2D eigenvalue weighted by molar-refractivity contribution is 5.73. The molecule has 0 aliphatic carbocycles. The molecule has 4 rings (SSSR count). The maximum Gasteiger partial charge on any atom is 0.290 e. The molecule has 1 aromatic carbocycles. The molecule has 4 aromatic rings. The predicted octanol–water partition coefficient (Wildman–Crippen LogP) is 3.38. The van der Waals surface area contributed by atoms with Gasteiger partial charge in [-0.1, -0.05) is 12.1 Å². The number of aromatic nitrogens is 3. The standard InChI is InChI=1S/C19H16FN3O2.CH2O2/c20-14-5-3-13(4-6-14)15(17-2-1-11-25-17)8-10-23-12-22-16-7-9-21-18(16)19(23)24;2-1-3/h1-7,9,11-12,15,21H,8,10H2;1H,(H,2,3). The number of nitrogens with one attached hydrogen (secondary N) is 1. The Kier molecular flexibility index (Phi) is 6.01. The molecule has 0 amide bonds. The third-order valence-electron chi connectivity index (χ3n) is 4.35. The summed E-state index contributed by atoms with van der Waals surface area (Å²) in [6.07, 6.45) is 5.51. The second-order valence-electron chi connectivity index (χ2n) is 5.99. The van der Waals surface area contributed by atoms with Gasteiger partial charge in [-0.2, -0.15) is 0 Å². The van der Waals surface area contributed by atoms with Gasteiger partial charge in [-0.3, -0.25) is 14.2 Å². The van der Waals surface area contributed by atoms with Crippen LogP contribution in [0.5, 0.6) is 0 Å². The summed E-state index contributed by atoms with van der Waals surface area (Å²) in [5.74, 6) is 0.440. The normalized spacial score (nSPS) is 11.6. The first kappa shape index (κ1) is 19.1. The first-order valence-electron chi connectivity index (χ1n) is 8.53. The van der Waals surface area contributed by atoms with Gasteiger partial charge in [0.15, 0.2) is 0 Å². The highest BCUT2D eigenvalue weighted by atomic mass is 19.1. The van der Waals surface area contributed by atoms with Crippen LogP contribution >= 0.6 is 0 Å². The molecule has 0 saturated carbocycles. The van der Waals surface area contributed by atoms with Crippen molar-refractivity contribution < 1.29 is 18.7 Å². The van der Waals surface area contributed by atoms with Crippen molar-refractivity contribution in [1.82, 2.24) is 14.5 Å². The van der Waals surface area contributed by atoms with Crippen LogP contribution in [-0.4, -0.2) is 26.1 Å². The van der Waals surface area contributed by atoms with Gasteiger partial charge in [0.25, 0.3) is 12.0 Å². The molecular formula is C20H18FN3O4. The minimum Gasteiger partial charge on any atom is -0.483 e. The van der Waals surface area contributed by atoms with Crippen LogP contribution in [0.3, 0.4) is 0 Å². The van der Waals surface area contributed by atoms with Crippen molar-refractivity contribution in [3.8, 4) is 0 Å². The molecule has 0 aliphatic heterocycles. The molecule has 144 valence electrons. The van der Waals surface area contributed by atoms with E-state index in [1.54, 1.807) is 41.6 Å². The zero-order chi connectivity index (χ0) is 19.9.